The highest BCUT2D eigenvalue weighted by Crippen LogP contribution is 2.30. The maximum absolute atomic E-state index is 12.9. The molecule has 2 aliphatic heterocycles. The van der Waals surface area contributed by atoms with Gasteiger partial charge in [-0.05, 0) is 38.5 Å². The van der Waals surface area contributed by atoms with Crippen LogP contribution in [0.5, 0.6) is 0 Å². The summed E-state index contributed by atoms with van der Waals surface area (Å²) in [5.74, 6) is 0.389. The van der Waals surface area contributed by atoms with Crippen molar-refractivity contribution in [2.75, 3.05) is 32.7 Å². The highest BCUT2D eigenvalue weighted by molar-refractivity contribution is 5.85. The molecule has 2 amide bonds. The Labute approximate surface area is 134 Å². The van der Waals surface area contributed by atoms with Gasteiger partial charge in [0.15, 0.2) is 0 Å². The van der Waals surface area contributed by atoms with Crippen molar-refractivity contribution < 1.29 is 9.59 Å². The molecule has 5 nitrogen and oxygen atoms in total. The maximum atomic E-state index is 12.9. The first-order valence-corrected chi connectivity index (χ1v) is 8.86. The van der Waals surface area contributed by atoms with E-state index in [1.165, 1.54) is 0 Å². The van der Waals surface area contributed by atoms with Crippen molar-refractivity contribution in [1.82, 2.24) is 9.80 Å². The fourth-order valence-corrected chi connectivity index (χ4v) is 3.82. The van der Waals surface area contributed by atoms with Crippen LogP contribution in [0.2, 0.25) is 0 Å². The van der Waals surface area contributed by atoms with Crippen molar-refractivity contribution in [2.24, 2.45) is 17.1 Å². The van der Waals surface area contributed by atoms with E-state index in [4.69, 9.17) is 5.73 Å². The van der Waals surface area contributed by atoms with Gasteiger partial charge in [-0.25, -0.2) is 0 Å². The molecule has 0 bridgehead atoms. The molecule has 126 valence electrons. The normalized spacial score (nSPS) is 23.0. The molecule has 2 aliphatic rings. The Hall–Kier alpha value is -1.10. The molecular weight excluding hydrogens is 278 g/mol. The van der Waals surface area contributed by atoms with E-state index < -0.39 is 5.41 Å². The first-order valence-electron chi connectivity index (χ1n) is 8.86. The van der Waals surface area contributed by atoms with Gasteiger partial charge in [0.05, 0.1) is 11.3 Å². The summed E-state index contributed by atoms with van der Waals surface area (Å²) in [5.41, 5.74) is 5.46. The minimum absolute atomic E-state index is 0.0139. The molecule has 2 rings (SSSR count). The number of likely N-dealkylation sites (tertiary alicyclic amines) is 2. The van der Waals surface area contributed by atoms with Crippen LogP contribution in [0, 0.1) is 11.3 Å². The third-order valence-electron chi connectivity index (χ3n) is 5.67. The topological polar surface area (TPSA) is 66.6 Å². The van der Waals surface area contributed by atoms with Crippen LogP contribution in [0.25, 0.3) is 0 Å². The van der Waals surface area contributed by atoms with Gasteiger partial charge in [0, 0.05) is 32.7 Å². The maximum Gasteiger partial charge on any atom is 0.230 e. The fraction of sp³-hybridized carbons (Fsp3) is 0.882. The van der Waals surface area contributed by atoms with Crippen molar-refractivity contribution in [2.45, 2.75) is 52.4 Å². The van der Waals surface area contributed by atoms with E-state index in [1.807, 2.05) is 23.6 Å². The van der Waals surface area contributed by atoms with Gasteiger partial charge in [0.2, 0.25) is 11.8 Å². The molecule has 2 fully saturated rings. The van der Waals surface area contributed by atoms with E-state index >= 15 is 0 Å². The first kappa shape index (κ1) is 17.3. The number of nitrogens with two attached hydrogens (primary N) is 1. The number of amides is 2. The average molecular weight is 309 g/mol. The molecule has 0 aliphatic carbocycles. The summed E-state index contributed by atoms with van der Waals surface area (Å²) < 4.78 is 0. The van der Waals surface area contributed by atoms with E-state index in [9.17, 15) is 9.59 Å². The molecule has 0 aromatic carbocycles. The SMILES string of the molecule is CCC(CC)(CN)C(=O)N1CCCC(C(=O)N2CCCC2)C1. The van der Waals surface area contributed by atoms with E-state index in [-0.39, 0.29) is 17.7 Å². The zero-order chi connectivity index (χ0) is 16.2. The van der Waals surface area contributed by atoms with Crippen LogP contribution >= 0.6 is 0 Å². The van der Waals surface area contributed by atoms with Gasteiger partial charge in [-0.15, -0.1) is 0 Å². The summed E-state index contributed by atoms with van der Waals surface area (Å²) >= 11 is 0. The van der Waals surface area contributed by atoms with E-state index in [0.717, 1.165) is 58.2 Å². The van der Waals surface area contributed by atoms with Gasteiger partial charge < -0.3 is 15.5 Å². The molecule has 2 saturated heterocycles. The molecule has 0 aromatic rings. The van der Waals surface area contributed by atoms with Crippen LogP contribution in [0.15, 0.2) is 0 Å². The molecular formula is C17H31N3O2. The lowest BCUT2D eigenvalue weighted by molar-refractivity contribution is -0.147. The zero-order valence-corrected chi connectivity index (χ0v) is 14.1. The molecule has 22 heavy (non-hydrogen) atoms. The summed E-state index contributed by atoms with van der Waals surface area (Å²) in [6, 6.07) is 0. The standard InChI is InChI=1S/C17H31N3O2/c1-3-17(4-2,13-18)16(22)20-11-7-8-14(12-20)15(21)19-9-5-6-10-19/h14H,3-13,18H2,1-2H3. The van der Waals surface area contributed by atoms with Crippen LogP contribution in [0.3, 0.4) is 0 Å². The quantitative estimate of drug-likeness (QED) is 0.839. The molecule has 0 radical (unpaired) electrons. The summed E-state index contributed by atoms with van der Waals surface area (Å²) in [6.45, 7) is 7.58. The lowest BCUT2D eigenvalue weighted by atomic mass is 9.80. The van der Waals surface area contributed by atoms with Gasteiger partial charge in [-0.1, -0.05) is 13.8 Å². The Kier molecular flexibility index (Phi) is 5.84. The molecule has 1 unspecified atom stereocenters. The van der Waals surface area contributed by atoms with Gasteiger partial charge in [-0.2, -0.15) is 0 Å². The molecule has 5 heteroatoms. The van der Waals surface area contributed by atoms with Gasteiger partial charge >= 0.3 is 0 Å². The predicted octanol–water partition coefficient (Wildman–Crippen LogP) is 1.61. The minimum Gasteiger partial charge on any atom is -0.342 e. The van der Waals surface area contributed by atoms with Crippen LogP contribution in [-0.2, 0) is 9.59 Å². The fourth-order valence-electron chi connectivity index (χ4n) is 3.82. The van der Waals surface area contributed by atoms with Gasteiger partial charge in [0.25, 0.3) is 0 Å². The Bertz CT molecular complexity index is 392. The highest BCUT2D eigenvalue weighted by atomic mass is 16.2. The number of carbonyl (C=O) groups excluding carboxylic acids is 2. The Balaban J connectivity index is 2.03. The van der Waals surface area contributed by atoms with E-state index in [0.29, 0.717) is 13.1 Å². The lowest BCUT2D eigenvalue weighted by Crippen LogP contribution is -2.52. The Morgan fingerprint density at radius 1 is 1.05 bits per heavy atom. The van der Waals surface area contributed by atoms with E-state index in [1.54, 1.807) is 0 Å². The Morgan fingerprint density at radius 2 is 1.64 bits per heavy atom. The molecule has 2 N–H and O–H groups in total. The number of hydrogen-bond donors (Lipinski definition) is 1. The smallest absolute Gasteiger partial charge is 0.230 e. The van der Waals surface area contributed by atoms with Crippen molar-refractivity contribution >= 4 is 11.8 Å². The average Bonchev–Trinajstić information content (AvgIpc) is 3.11. The summed E-state index contributed by atoms with van der Waals surface area (Å²) in [4.78, 5) is 29.4. The number of carbonyl (C=O) groups is 2. The van der Waals surface area contributed by atoms with Crippen LogP contribution in [0.1, 0.15) is 52.4 Å². The predicted molar refractivity (Wildman–Crippen MR) is 87.2 cm³/mol. The largest absolute Gasteiger partial charge is 0.342 e. The number of hydrogen-bond acceptors (Lipinski definition) is 3. The first-order chi connectivity index (χ1) is 10.6. The lowest BCUT2D eigenvalue weighted by Gasteiger charge is -2.40. The second kappa shape index (κ2) is 7.44. The molecule has 2 heterocycles. The monoisotopic (exact) mass is 309 g/mol. The Morgan fingerprint density at radius 3 is 2.18 bits per heavy atom. The van der Waals surface area contributed by atoms with Gasteiger partial charge in [-0.3, -0.25) is 9.59 Å². The number of nitrogens with zero attached hydrogens (tertiary/aromatic N) is 2. The van der Waals surface area contributed by atoms with Gasteiger partial charge in [0.1, 0.15) is 0 Å². The summed E-state index contributed by atoms with van der Waals surface area (Å²) in [6.07, 6.45) is 5.59. The van der Waals surface area contributed by atoms with E-state index in [2.05, 4.69) is 0 Å². The molecule has 0 saturated carbocycles. The molecule has 0 spiro atoms. The third kappa shape index (κ3) is 3.29. The summed E-state index contributed by atoms with van der Waals surface area (Å²) in [7, 11) is 0. The third-order valence-corrected chi connectivity index (χ3v) is 5.67. The summed E-state index contributed by atoms with van der Waals surface area (Å²) in [5, 5.41) is 0. The highest BCUT2D eigenvalue weighted by Gasteiger charge is 2.40. The van der Waals surface area contributed by atoms with Crippen molar-refractivity contribution in [3.05, 3.63) is 0 Å². The number of piperidine rings is 1. The van der Waals surface area contributed by atoms with Crippen LogP contribution in [0.4, 0.5) is 0 Å². The van der Waals surface area contributed by atoms with Crippen molar-refractivity contribution in [3.8, 4) is 0 Å². The second-order valence-electron chi connectivity index (χ2n) is 6.81. The van der Waals surface area contributed by atoms with Crippen molar-refractivity contribution in [3.63, 3.8) is 0 Å². The van der Waals surface area contributed by atoms with Crippen LogP contribution < -0.4 is 5.73 Å². The molecule has 0 aromatic heterocycles. The number of rotatable bonds is 5. The minimum atomic E-state index is -0.446. The van der Waals surface area contributed by atoms with Crippen LogP contribution in [-0.4, -0.2) is 54.3 Å². The second-order valence-corrected chi connectivity index (χ2v) is 6.81. The molecule has 1 atom stereocenters. The zero-order valence-electron chi connectivity index (χ0n) is 14.1. The van der Waals surface area contributed by atoms with Crippen molar-refractivity contribution in [1.29, 1.82) is 0 Å².